The number of benzene rings is 1. The van der Waals surface area contributed by atoms with E-state index in [1.165, 1.54) is 32.4 Å². The number of rotatable bonds is 5. The number of amides is 2. The highest BCUT2D eigenvalue weighted by Crippen LogP contribution is 2.26. The first-order valence-corrected chi connectivity index (χ1v) is 11.3. The SMILES string of the molecule is COC(=O)c1cc(NC(=O)c2cccn2C2CCN(C(=O)OC(C)(C)C)CC2)cc(C(=O)OC)c1. The minimum Gasteiger partial charge on any atom is -0.465 e. The molecular weight excluding hydrogens is 454 g/mol. The predicted octanol–water partition coefficient (Wildman–Crippen LogP) is 3.89. The largest absolute Gasteiger partial charge is 0.465 e. The van der Waals surface area contributed by atoms with Gasteiger partial charge in [0.15, 0.2) is 0 Å². The summed E-state index contributed by atoms with van der Waals surface area (Å²) in [5.41, 5.74) is 0.333. The monoisotopic (exact) mass is 485 g/mol. The van der Waals surface area contributed by atoms with E-state index in [4.69, 9.17) is 14.2 Å². The van der Waals surface area contributed by atoms with Crippen molar-refractivity contribution in [2.24, 2.45) is 0 Å². The van der Waals surface area contributed by atoms with Crippen LogP contribution in [0.5, 0.6) is 0 Å². The zero-order valence-corrected chi connectivity index (χ0v) is 20.6. The van der Waals surface area contributed by atoms with Crippen LogP contribution in [-0.4, -0.2) is 66.3 Å². The third-order valence-corrected chi connectivity index (χ3v) is 5.55. The van der Waals surface area contributed by atoms with Crippen LogP contribution in [0.15, 0.2) is 36.5 Å². The summed E-state index contributed by atoms with van der Waals surface area (Å²) in [4.78, 5) is 51.2. The van der Waals surface area contributed by atoms with E-state index < -0.39 is 23.4 Å². The zero-order valence-electron chi connectivity index (χ0n) is 20.6. The second-order valence-corrected chi connectivity index (χ2v) is 9.24. The molecule has 35 heavy (non-hydrogen) atoms. The number of hydrogen-bond donors (Lipinski definition) is 1. The maximum atomic E-state index is 13.1. The van der Waals surface area contributed by atoms with E-state index in [2.05, 4.69) is 5.32 Å². The number of carbonyl (C=O) groups is 4. The van der Waals surface area contributed by atoms with Gasteiger partial charge in [-0.3, -0.25) is 4.79 Å². The molecule has 1 aromatic heterocycles. The number of likely N-dealkylation sites (tertiary alicyclic amines) is 1. The number of hydrogen-bond acceptors (Lipinski definition) is 7. The maximum Gasteiger partial charge on any atom is 0.410 e. The molecule has 1 N–H and O–H groups in total. The molecule has 2 aromatic rings. The van der Waals surface area contributed by atoms with Crippen LogP contribution in [0.2, 0.25) is 0 Å². The highest BCUT2D eigenvalue weighted by atomic mass is 16.6. The molecule has 0 atom stereocenters. The van der Waals surface area contributed by atoms with Crippen molar-refractivity contribution in [3.05, 3.63) is 53.3 Å². The Kier molecular flexibility index (Phi) is 7.83. The van der Waals surface area contributed by atoms with Gasteiger partial charge in [-0.05, 0) is 63.9 Å². The maximum absolute atomic E-state index is 13.1. The summed E-state index contributed by atoms with van der Waals surface area (Å²) in [6.45, 7) is 6.52. The molecule has 0 spiro atoms. The first-order chi connectivity index (χ1) is 16.5. The van der Waals surface area contributed by atoms with Crippen LogP contribution < -0.4 is 5.32 Å². The molecule has 0 saturated carbocycles. The molecule has 2 heterocycles. The number of aromatic nitrogens is 1. The highest BCUT2D eigenvalue weighted by Gasteiger charge is 2.29. The third-order valence-electron chi connectivity index (χ3n) is 5.55. The number of nitrogens with one attached hydrogen (secondary N) is 1. The summed E-state index contributed by atoms with van der Waals surface area (Å²) in [7, 11) is 2.46. The molecule has 3 rings (SSSR count). The van der Waals surface area contributed by atoms with Gasteiger partial charge < -0.3 is 29.0 Å². The smallest absolute Gasteiger partial charge is 0.410 e. The Morgan fingerprint density at radius 3 is 2.03 bits per heavy atom. The number of ether oxygens (including phenoxy) is 3. The Bertz CT molecular complexity index is 1070. The quantitative estimate of drug-likeness (QED) is 0.505. The molecule has 0 radical (unpaired) electrons. The Morgan fingerprint density at radius 2 is 1.51 bits per heavy atom. The van der Waals surface area contributed by atoms with Gasteiger partial charge in [-0.1, -0.05) is 0 Å². The summed E-state index contributed by atoms with van der Waals surface area (Å²) in [6.07, 6.45) is 2.82. The molecule has 1 aliphatic heterocycles. The predicted molar refractivity (Wildman–Crippen MR) is 128 cm³/mol. The Hall–Kier alpha value is -3.82. The molecule has 188 valence electrons. The Labute approximate surface area is 204 Å². The van der Waals surface area contributed by atoms with Gasteiger partial charge in [-0.25, -0.2) is 14.4 Å². The van der Waals surface area contributed by atoms with Crippen molar-refractivity contribution in [3.63, 3.8) is 0 Å². The minimum absolute atomic E-state index is 0.0245. The lowest BCUT2D eigenvalue weighted by Crippen LogP contribution is -2.42. The van der Waals surface area contributed by atoms with Gasteiger partial charge in [0.2, 0.25) is 0 Å². The van der Waals surface area contributed by atoms with Crippen molar-refractivity contribution in [1.29, 1.82) is 0 Å². The summed E-state index contributed by atoms with van der Waals surface area (Å²) in [5, 5.41) is 2.76. The van der Waals surface area contributed by atoms with E-state index in [-0.39, 0.29) is 28.9 Å². The number of piperidine rings is 1. The fraction of sp³-hybridized carbons (Fsp3) is 0.440. The number of nitrogens with zero attached hydrogens (tertiary/aromatic N) is 2. The van der Waals surface area contributed by atoms with Crippen molar-refractivity contribution in [3.8, 4) is 0 Å². The summed E-state index contributed by atoms with van der Waals surface area (Å²) < 4.78 is 16.8. The second-order valence-electron chi connectivity index (χ2n) is 9.24. The molecular formula is C25H31N3O7. The summed E-state index contributed by atoms with van der Waals surface area (Å²) >= 11 is 0. The first-order valence-electron chi connectivity index (χ1n) is 11.3. The minimum atomic E-state index is -0.647. The Morgan fingerprint density at radius 1 is 0.943 bits per heavy atom. The molecule has 1 saturated heterocycles. The fourth-order valence-electron chi connectivity index (χ4n) is 3.92. The van der Waals surface area contributed by atoms with Gasteiger partial charge in [0, 0.05) is 31.0 Å². The molecule has 0 aliphatic carbocycles. The van der Waals surface area contributed by atoms with E-state index in [0.29, 0.717) is 31.6 Å². The van der Waals surface area contributed by atoms with E-state index in [1.54, 1.807) is 17.0 Å². The standard InChI is InChI=1S/C25H31N3O7/c1-25(2,3)35-24(32)27-11-8-19(9-12-27)28-10-6-7-20(28)21(29)26-18-14-16(22(30)33-4)13-17(15-18)23(31)34-5/h6-7,10,13-15,19H,8-9,11-12H2,1-5H3,(H,26,29). The van der Waals surface area contributed by atoms with Crippen molar-refractivity contribution < 1.29 is 33.4 Å². The molecule has 0 bridgehead atoms. The average molecular weight is 486 g/mol. The van der Waals surface area contributed by atoms with Crippen LogP contribution in [-0.2, 0) is 14.2 Å². The van der Waals surface area contributed by atoms with Gasteiger partial charge in [-0.2, -0.15) is 0 Å². The van der Waals surface area contributed by atoms with Gasteiger partial charge >= 0.3 is 18.0 Å². The lowest BCUT2D eigenvalue weighted by Gasteiger charge is -2.34. The van der Waals surface area contributed by atoms with Crippen molar-refractivity contribution in [2.75, 3.05) is 32.6 Å². The molecule has 1 fully saturated rings. The molecule has 0 unspecified atom stereocenters. The summed E-state index contributed by atoms with van der Waals surface area (Å²) in [5.74, 6) is -1.69. The van der Waals surface area contributed by atoms with Crippen molar-refractivity contribution >= 4 is 29.6 Å². The van der Waals surface area contributed by atoms with Gasteiger partial charge in [-0.15, -0.1) is 0 Å². The van der Waals surface area contributed by atoms with Crippen molar-refractivity contribution in [2.45, 2.75) is 45.3 Å². The second kappa shape index (κ2) is 10.6. The van der Waals surface area contributed by atoms with Crippen LogP contribution in [0, 0.1) is 0 Å². The van der Waals surface area contributed by atoms with Crippen LogP contribution in [0.3, 0.4) is 0 Å². The molecule has 10 nitrogen and oxygen atoms in total. The van der Waals surface area contributed by atoms with Crippen LogP contribution in [0.4, 0.5) is 10.5 Å². The van der Waals surface area contributed by atoms with Gasteiger partial charge in [0.05, 0.1) is 25.3 Å². The fourth-order valence-corrected chi connectivity index (χ4v) is 3.92. The Balaban J connectivity index is 1.74. The molecule has 10 heteroatoms. The first kappa shape index (κ1) is 25.8. The zero-order chi connectivity index (χ0) is 25.8. The number of carbonyl (C=O) groups excluding carboxylic acids is 4. The third kappa shape index (κ3) is 6.40. The summed E-state index contributed by atoms with van der Waals surface area (Å²) in [6, 6.07) is 7.71. The normalized spacial score (nSPS) is 14.3. The lowest BCUT2D eigenvalue weighted by molar-refractivity contribution is 0.0187. The van der Waals surface area contributed by atoms with E-state index in [1.807, 2.05) is 31.5 Å². The van der Waals surface area contributed by atoms with Gasteiger partial charge in [0.25, 0.3) is 5.91 Å². The van der Waals surface area contributed by atoms with Crippen LogP contribution in [0.1, 0.15) is 70.9 Å². The lowest BCUT2D eigenvalue weighted by atomic mass is 10.0. The van der Waals surface area contributed by atoms with Crippen LogP contribution in [0.25, 0.3) is 0 Å². The highest BCUT2D eigenvalue weighted by molar-refractivity contribution is 6.05. The van der Waals surface area contributed by atoms with E-state index >= 15 is 0 Å². The number of anilines is 1. The molecule has 1 aromatic carbocycles. The van der Waals surface area contributed by atoms with Gasteiger partial charge in [0.1, 0.15) is 11.3 Å². The average Bonchev–Trinajstić information content (AvgIpc) is 3.32. The van der Waals surface area contributed by atoms with E-state index in [9.17, 15) is 19.2 Å². The van der Waals surface area contributed by atoms with E-state index in [0.717, 1.165) is 0 Å². The van der Waals surface area contributed by atoms with Crippen LogP contribution >= 0.6 is 0 Å². The topological polar surface area (TPSA) is 116 Å². The molecule has 1 aliphatic rings. The number of methoxy groups -OCH3 is 2. The molecule has 2 amide bonds. The van der Waals surface area contributed by atoms with Crippen molar-refractivity contribution in [1.82, 2.24) is 9.47 Å². The number of esters is 2.